The maximum absolute atomic E-state index is 5.00. The van der Waals surface area contributed by atoms with Crippen molar-refractivity contribution < 1.29 is 4.52 Å². The average Bonchev–Trinajstić information content (AvgIpc) is 2.14. The Morgan fingerprint density at radius 3 is 2.88 bits per heavy atom. The van der Waals surface area contributed by atoms with Crippen LogP contribution in [0.1, 0.15) is 0 Å². The van der Waals surface area contributed by atoms with Crippen molar-refractivity contribution in [3.63, 3.8) is 0 Å². The predicted molar refractivity (Wildman–Crippen MR) is 36.8 cm³/mol. The Hall–Kier alpha value is -0.110. The van der Waals surface area contributed by atoms with E-state index in [9.17, 15) is 0 Å². The van der Waals surface area contributed by atoms with Gasteiger partial charge in [0.1, 0.15) is 4.37 Å². The van der Waals surface area contributed by atoms with Gasteiger partial charge >= 0.3 is 0 Å². The van der Waals surface area contributed by atoms with Crippen molar-refractivity contribution in [1.29, 1.82) is 0 Å². The number of H-pyrrole nitrogens is 1. The monoisotopic (exact) mass is 147 g/mol. The van der Waals surface area contributed by atoms with E-state index >= 15 is 0 Å². The molecule has 1 rings (SSSR count). The third kappa shape index (κ3) is 0.996. The minimum Gasteiger partial charge on any atom is -0.347 e. The molecule has 2 nitrogen and oxygen atoms in total. The van der Waals surface area contributed by atoms with Crippen LogP contribution in [-0.4, -0.2) is 12.1 Å². The fourth-order valence-corrected chi connectivity index (χ4v) is 1.76. The van der Waals surface area contributed by atoms with Crippen molar-refractivity contribution >= 4 is 20.0 Å². The topological polar surface area (TPSA) is 25.0 Å². The first-order valence-corrected chi connectivity index (χ1v) is 3.89. The molecule has 1 N–H and O–H groups in total. The molecule has 0 amide bonds. The molecule has 0 radical (unpaired) electrons. The van der Waals surface area contributed by atoms with E-state index < -0.39 is 7.76 Å². The molecule has 0 aromatic carbocycles. The Labute approximate surface area is 53.6 Å². The van der Waals surface area contributed by atoms with E-state index in [1.807, 2.05) is 12.0 Å². The Morgan fingerprint density at radius 2 is 2.62 bits per heavy atom. The lowest BCUT2D eigenvalue weighted by Gasteiger charge is -1.85. The summed E-state index contributed by atoms with van der Waals surface area (Å²) in [6.45, 7) is 0. The second-order valence-electron chi connectivity index (χ2n) is 1.27. The molecule has 0 aliphatic heterocycles. The van der Waals surface area contributed by atoms with Gasteiger partial charge in [0.05, 0.1) is 0 Å². The molecule has 1 aromatic rings. The van der Waals surface area contributed by atoms with Crippen molar-refractivity contribution in [2.45, 2.75) is 0 Å². The van der Waals surface area contributed by atoms with Crippen molar-refractivity contribution in [1.82, 2.24) is 4.98 Å². The first-order valence-electron chi connectivity index (χ1n) is 2.15. The van der Waals surface area contributed by atoms with E-state index in [2.05, 4.69) is 4.98 Å². The average molecular weight is 147 g/mol. The van der Waals surface area contributed by atoms with Gasteiger partial charge in [0.15, 0.2) is 0 Å². The van der Waals surface area contributed by atoms with Crippen molar-refractivity contribution in [2.75, 3.05) is 7.11 Å². The van der Waals surface area contributed by atoms with Gasteiger partial charge in [-0.1, -0.05) is 12.2 Å². The van der Waals surface area contributed by atoms with E-state index in [4.69, 9.17) is 16.7 Å². The molecule has 0 saturated heterocycles. The molecular weight excluding hydrogens is 141 g/mol. The summed E-state index contributed by atoms with van der Waals surface area (Å²) >= 11 is 4.87. The van der Waals surface area contributed by atoms with Crippen molar-refractivity contribution in [2.24, 2.45) is 0 Å². The fraction of sp³-hybridized carbons (Fsp3) is 0.250. The van der Waals surface area contributed by atoms with Gasteiger partial charge in [-0.05, 0) is 0 Å². The van der Waals surface area contributed by atoms with Gasteiger partial charge in [-0.15, -0.1) is 0 Å². The number of aromatic nitrogens is 1. The quantitative estimate of drug-likeness (QED) is 0.612. The molecule has 0 aliphatic rings. The van der Waals surface area contributed by atoms with Gasteiger partial charge in [0.2, 0.25) is 0 Å². The second kappa shape index (κ2) is 2.44. The third-order valence-electron chi connectivity index (χ3n) is 0.814. The summed E-state index contributed by atoms with van der Waals surface area (Å²) in [4.78, 5) is 2.88. The third-order valence-corrected chi connectivity index (χ3v) is 2.81. The molecule has 0 aliphatic carbocycles. The summed E-state index contributed by atoms with van der Waals surface area (Å²) in [6.07, 6.45) is 1.82. The van der Waals surface area contributed by atoms with Gasteiger partial charge in [0, 0.05) is 26.9 Å². The zero-order chi connectivity index (χ0) is 5.98. The standard InChI is InChI=1S/C4H6NOPS/c1-6-7-3-2-5-4(7)8/h2-3H,1H3,(H,5,8). The first kappa shape index (κ1) is 6.02. The highest BCUT2D eigenvalue weighted by atomic mass is 32.1. The van der Waals surface area contributed by atoms with Gasteiger partial charge in [-0.3, -0.25) is 0 Å². The summed E-state index contributed by atoms with van der Waals surface area (Å²) in [5.74, 6) is 1.94. The molecule has 44 valence electrons. The van der Waals surface area contributed by atoms with Crippen LogP contribution < -0.4 is 4.52 Å². The lowest BCUT2D eigenvalue weighted by molar-refractivity contribution is 0.555. The first-order chi connectivity index (χ1) is 3.84. The molecule has 4 heteroatoms. The molecular formula is C4H6NOPS. The molecule has 1 unspecified atom stereocenters. The minimum atomic E-state index is -0.564. The Balaban J connectivity index is 3.11. The van der Waals surface area contributed by atoms with Crippen LogP contribution in [0.3, 0.4) is 0 Å². The van der Waals surface area contributed by atoms with Crippen LogP contribution in [0.15, 0.2) is 12.0 Å². The Bertz CT molecular complexity index is 216. The summed E-state index contributed by atoms with van der Waals surface area (Å²) in [6, 6.07) is 0. The van der Waals surface area contributed by atoms with Crippen LogP contribution in [0.4, 0.5) is 0 Å². The largest absolute Gasteiger partial charge is 0.347 e. The highest BCUT2D eigenvalue weighted by Gasteiger charge is 1.87. The van der Waals surface area contributed by atoms with E-state index in [1.54, 1.807) is 7.11 Å². The zero-order valence-corrected chi connectivity index (χ0v) is 6.13. The highest BCUT2D eigenvalue weighted by molar-refractivity contribution is 7.75. The van der Waals surface area contributed by atoms with Gasteiger partial charge < -0.3 is 9.51 Å². The van der Waals surface area contributed by atoms with Crippen LogP contribution in [0, 0.1) is 4.37 Å². The fourth-order valence-electron chi connectivity index (χ4n) is 0.451. The molecule has 0 saturated carbocycles. The number of rotatable bonds is 1. The maximum Gasteiger partial charge on any atom is 0.148 e. The second-order valence-corrected chi connectivity index (χ2v) is 3.75. The summed E-state index contributed by atoms with van der Waals surface area (Å²) in [5.41, 5.74) is 0. The van der Waals surface area contributed by atoms with Crippen molar-refractivity contribution in [3.8, 4) is 0 Å². The number of hydrogen-bond acceptors (Lipinski definition) is 2. The molecule has 0 spiro atoms. The van der Waals surface area contributed by atoms with Crippen LogP contribution in [0.2, 0.25) is 0 Å². The smallest absolute Gasteiger partial charge is 0.148 e. The molecule has 0 fully saturated rings. The number of aromatic amines is 1. The zero-order valence-electron chi connectivity index (χ0n) is 4.42. The SMILES string of the molecule is COp1cc[nH]c1=S. The molecule has 1 aromatic heterocycles. The summed E-state index contributed by atoms with van der Waals surface area (Å²) < 4.78 is 5.81. The molecule has 0 bridgehead atoms. The lowest BCUT2D eigenvalue weighted by Crippen LogP contribution is -1.71. The molecule has 8 heavy (non-hydrogen) atoms. The van der Waals surface area contributed by atoms with Crippen LogP contribution in [0.25, 0.3) is 0 Å². The molecule has 1 heterocycles. The van der Waals surface area contributed by atoms with Crippen LogP contribution >= 0.6 is 20.0 Å². The van der Waals surface area contributed by atoms with E-state index in [-0.39, 0.29) is 0 Å². The van der Waals surface area contributed by atoms with Gasteiger partial charge in [0.25, 0.3) is 0 Å². The normalized spacial score (nSPS) is 11.9. The van der Waals surface area contributed by atoms with Gasteiger partial charge in [-0.25, -0.2) is 0 Å². The van der Waals surface area contributed by atoms with Crippen LogP contribution in [-0.2, 0) is 0 Å². The molecule has 1 atom stereocenters. The summed E-state index contributed by atoms with van der Waals surface area (Å²) in [7, 11) is 1.10. The van der Waals surface area contributed by atoms with E-state index in [1.165, 1.54) is 0 Å². The number of nitrogens with one attached hydrogen (secondary N) is 1. The Kier molecular flexibility index (Phi) is 1.84. The number of hydrogen-bond donors (Lipinski definition) is 1. The van der Waals surface area contributed by atoms with Gasteiger partial charge in [-0.2, -0.15) is 0 Å². The van der Waals surface area contributed by atoms with E-state index in [0.29, 0.717) is 0 Å². The van der Waals surface area contributed by atoms with Crippen molar-refractivity contribution in [3.05, 3.63) is 16.4 Å². The van der Waals surface area contributed by atoms with Crippen LogP contribution in [0.5, 0.6) is 0 Å². The summed E-state index contributed by atoms with van der Waals surface area (Å²) in [5, 5.41) is 0. The van der Waals surface area contributed by atoms with E-state index in [0.717, 1.165) is 4.37 Å². The Morgan fingerprint density at radius 1 is 1.88 bits per heavy atom. The maximum atomic E-state index is 5.00. The lowest BCUT2D eigenvalue weighted by atomic mass is 11.0. The minimum absolute atomic E-state index is 0.564. The predicted octanol–water partition coefficient (Wildman–Crippen LogP) is 1.79. The highest BCUT2D eigenvalue weighted by Crippen LogP contribution is 2.22.